The number of carbonyl (C=O) groups excluding carboxylic acids is 2. The first-order valence-electron chi connectivity index (χ1n) is 6.69. The van der Waals surface area contributed by atoms with Crippen molar-refractivity contribution in [1.29, 1.82) is 0 Å². The Morgan fingerprint density at radius 2 is 1.84 bits per heavy atom. The van der Waals surface area contributed by atoms with Crippen LogP contribution >= 0.6 is 0 Å². The number of esters is 1. The lowest BCUT2D eigenvalue weighted by Gasteiger charge is -2.16. The molecule has 6 nitrogen and oxygen atoms in total. The number of carbonyl (C=O) groups is 3. The fraction of sp³-hybridized carbons (Fsp3) is 0.769. The van der Waals surface area contributed by atoms with Gasteiger partial charge in [-0.3, -0.25) is 9.59 Å². The molecule has 0 aliphatic rings. The Labute approximate surface area is 113 Å². The van der Waals surface area contributed by atoms with Crippen molar-refractivity contribution >= 4 is 17.8 Å². The molecule has 0 saturated carbocycles. The minimum atomic E-state index is -1.01. The van der Waals surface area contributed by atoms with E-state index < -0.39 is 18.0 Å². The van der Waals surface area contributed by atoms with Crippen molar-refractivity contribution in [1.82, 2.24) is 5.32 Å². The molecule has 0 unspecified atom stereocenters. The molecule has 6 heteroatoms. The molecule has 1 atom stereocenters. The van der Waals surface area contributed by atoms with Crippen LogP contribution in [0.1, 0.15) is 52.4 Å². The minimum Gasteiger partial charge on any atom is -0.481 e. The fourth-order valence-corrected chi connectivity index (χ4v) is 1.56. The summed E-state index contributed by atoms with van der Waals surface area (Å²) in [5, 5.41) is 11.2. The van der Waals surface area contributed by atoms with E-state index in [9.17, 15) is 14.4 Å². The van der Waals surface area contributed by atoms with E-state index in [1.165, 1.54) is 0 Å². The van der Waals surface area contributed by atoms with Crippen LogP contribution in [0.4, 0.5) is 0 Å². The van der Waals surface area contributed by atoms with E-state index in [0.29, 0.717) is 6.42 Å². The van der Waals surface area contributed by atoms with E-state index >= 15 is 0 Å². The molecule has 1 amide bonds. The van der Waals surface area contributed by atoms with Gasteiger partial charge in [-0.25, -0.2) is 4.79 Å². The summed E-state index contributed by atoms with van der Waals surface area (Å²) in [6.07, 6.45) is 2.93. The van der Waals surface area contributed by atoms with Gasteiger partial charge in [0.15, 0.2) is 0 Å². The van der Waals surface area contributed by atoms with E-state index in [1.54, 1.807) is 6.92 Å². The molecule has 0 aliphatic heterocycles. The lowest BCUT2D eigenvalue weighted by Crippen LogP contribution is -2.42. The van der Waals surface area contributed by atoms with Crippen molar-refractivity contribution < 1.29 is 24.2 Å². The Hall–Kier alpha value is -1.59. The predicted molar refractivity (Wildman–Crippen MR) is 69.6 cm³/mol. The van der Waals surface area contributed by atoms with Crippen molar-refractivity contribution in [3.05, 3.63) is 0 Å². The Balaban J connectivity index is 4.27. The van der Waals surface area contributed by atoms with Crippen LogP contribution in [-0.2, 0) is 19.1 Å². The molecule has 0 heterocycles. The molecule has 0 radical (unpaired) electrons. The highest BCUT2D eigenvalue weighted by Crippen LogP contribution is 2.04. The molecule has 0 aliphatic carbocycles. The SMILES string of the molecule is CCCCCC(=O)N[C@@H](CCC(=O)O)C(=O)OCC. The van der Waals surface area contributed by atoms with Crippen molar-refractivity contribution in [2.45, 2.75) is 58.4 Å². The summed E-state index contributed by atoms with van der Waals surface area (Å²) in [6, 6.07) is -0.870. The second-order valence-electron chi connectivity index (χ2n) is 4.26. The molecule has 0 aromatic carbocycles. The molecule has 110 valence electrons. The second-order valence-corrected chi connectivity index (χ2v) is 4.26. The summed E-state index contributed by atoms with van der Waals surface area (Å²) in [5.41, 5.74) is 0. The van der Waals surface area contributed by atoms with Crippen LogP contribution in [0.25, 0.3) is 0 Å². The van der Waals surface area contributed by atoms with E-state index in [1.807, 2.05) is 6.92 Å². The van der Waals surface area contributed by atoms with Crippen LogP contribution in [0, 0.1) is 0 Å². The number of carboxylic acid groups (broad SMARTS) is 1. The third-order valence-electron chi connectivity index (χ3n) is 2.56. The van der Waals surface area contributed by atoms with E-state index in [2.05, 4.69) is 5.32 Å². The largest absolute Gasteiger partial charge is 0.481 e. The van der Waals surface area contributed by atoms with Gasteiger partial charge in [0.2, 0.25) is 5.91 Å². The number of hydrogen-bond acceptors (Lipinski definition) is 4. The summed E-state index contributed by atoms with van der Waals surface area (Å²) >= 11 is 0. The Kier molecular flexibility index (Phi) is 9.48. The van der Waals surface area contributed by atoms with Gasteiger partial charge in [0.25, 0.3) is 0 Å². The lowest BCUT2D eigenvalue weighted by atomic mass is 10.1. The highest BCUT2D eigenvalue weighted by molar-refractivity contribution is 5.84. The average Bonchev–Trinajstić information content (AvgIpc) is 2.34. The number of aliphatic carboxylic acids is 1. The van der Waals surface area contributed by atoms with Gasteiger partial charge in [-0.1, -0.05) is 19.8 Å². The van der Waals surface area contributed by atoms with Crippen molar-refractivity contribution in [2.75, 3.05) is 6.61 Å². The van der Waals surface area contributed by atoms with Crippen molar-refractivity contribution in [3.63, 3.8) is 0 Å². The zero-order valence-corrected chi connectivity index (χ0v) is 11.6. The number of unbranched alkanes of at least 4 members (excludes halogenated alkanes) is 2. The van der Waals surface area contributed by atoms with E-state index in [-0.39, 0.29) is 25.4 Å². The lowest BCUT2D eigenvalue weighted by molar-refractivity contribution is -0.148. The van der Waals surface area contributed by atoms with Gasteiger partial charge in [-0.2, -0.15) is 0 Å². The highest BCUT2D eigenvalue weighted by Gasteiger charge is 2.22. The third-order valence-corrected chi connectivity index (χ3v) is 2.56. The van der Waals surface area contributed by atoms with Crippen LogP contribution in [-0.4, -0.2) is 35.6 Å². The van der Waals surface area contributed by atoms with E-state index in [0.717, 1.165) is 19.3 Å². The number of carboxylic acids is 1. The molecule has 0 fully saturated rings. The van der Waals surface area contributed by atoms with Gasteiger partial charge in [0, 0.05) is 12.8 Å². The molecule has 0 rings (SSSR count). The Morgan fingerprint density at radius 1 is 1.16 bits per heavy atom. The molecule has 19 heavy (non-hydrogen) atoms. The quantitative estimate of drug-likeness (QED) is 0.464. The molecule has 0 bridgehead atoms. The zero-order chi connectivity index (χ0) is 14.7. The number of amides is 1. The van der Waals surface area contributed by atoms with Crippen molar-refractivity contribution in [3.8, 4) is 0 Å². The van der Waals surface area contributed by atoms with Crippen molar-refractivity contribution in [2.24, 2.45) is 0 Å². The van der Waals surface area contributed by atoms with Gasteiger partial charge >= 0.3 is 11.9 Å². The van der Waals surface area contributed by atoms with Gasteiger partial charge < -0.3 is 15.2 Å². The maximum Gasteiger partial charge on any atom is 0.328 e. The standard InChI is InChI=1S/C13H23NO5/c1-3-5-6-7-11(15)14-10(8-9-12(16)17)13(18)19-4-2/h10H,3-9H2,1-2H3,(H,14,15)(H,16,17)/t10-/m0/s1. The number of rotatable bonds is 10. The normalized spacial score (nSPS) is 11.7. The summed E-state index contributed by atoms with van der Waals surface area (Å²) in [4.78, 5) is 33.7. The Bertz CT molecular complexity index is 303. The molecule has 0 spiro atoms. The summed E-state index contributed by atoms with van der Waals surface area (Å²) in [5.74, 6) is -1.82. The summed E-state index contributed by atoms with van der Waals surface area (Å²) < 4.78 is 4.82. The van der Waals surface area contributed by atoms with Crippen LogP contribution in [0.15, 0.2) is 0 Å². The molecule has 0 aromatic heterocycles. The predicted octanol–water partition coefficient (Wildman–Crippen LogP) is 1.48. The van der Waals surface area contributed by atoms with Crippen LogP contribution < -0.4 is 5.32 Å². The highest BCUT2D eigenvalue weighted by atomic mass is 16.5. The third kappa shape index (κ3) is 9.04. The smallest absolute Gasteiger partial charge is 0.328 e. The number of nitrogens with one attached hydrogen (secondary N) is 1. The molecule has 0 aromatic rings. The molecule has 0 saturated heterocycles. The monoisotopic (exact) mass is 273 g/mol. The summed E-state index contributed by atoms with van der Waals surface area (Å²) in [7, 11) is 0. The average molecular weight is 273 g/mol. The number of hydrogen-bond donors (Lipinski definition) is 2. The van der Waals surface area contributed by atoms with Gasteiger partial charge in [0.1, 0.15) is 6.04 Å². The first-order valence-corrected chi connectivity index (χ1v) is 6.69. The second kappa shape index (κ2) is 10.3. The number of ether oxygens (including phenoxy) is 1. The van der Waals surface area contributed by atoms with E-state index in [4.69, 9.17) is 9.84 Å². The first-order chi connectivity index (χ1) is 9.01. The first kappa shape index (κ1) is 17.4. The molecule has 2 N–H and O–H groups in total. The van der Waals surface area contributed by atoms with Gasteiger partial charge in [-0.05, 0) is 19.8 Å². The maximum atomic E-state index is 11.6. The van der Waals surface area contributed by atoms with Gasteiger partial charge in [-0.15, -0.1) is 0 Å². The van der Waals surface area contributed by atoms with Crippen LogP contribution in [0.5, 0.6) is 0 Å². The molecular formula is C13H23NO5. The van der Waals surface area contributed by atoms with Crippen LogP contribution in [0.2, 0.25) is 0 Å². The minimum absolute atomic E-state index is 0.0493. The molecular weight excluding hydrogens is 250 g/mol. The maximum absolute atomic E-state index is 11.6. The fourth-order valence-electron chi connectivity index (χ4n) is 1.56. The van der Waals surface area contributed by atoms with Gasteiger partial charge in [0.05, 0.1) is 6.61 Å². The zero-order valence-electron chi connectivity index (χ0n) is 11.6. The topological polar surface area (TPSA) is 92.7 Å². The Morgan fingerprint density at radius 3 is 2.37 bits per heavy atom. The summed E-state index contributed by atoms with van der Waals surface area (Å²) in [6.45, 7) is 3.90. The van der Waals surface area contributed by atoms with Crippen LogP contribution in [0.3, 0.4) is 0 Å².